The van der Waals surface area contributed by atoms with Crippen molar-refractivity contribution in [3.05, 3.63) is 23.7 Å². The van der Waals surface area contributed by atoms with Gasteiger partial charge in [-0.1, -0.05) is 0 Å². The van der Waals surface area contributed by atoms with E-state index in [1.807, 2.05) is 27.7 Å². The van der Waals surface area contributed by atoms with Gasteiger partial charge in [0.15, 0.2) is 5.76 Å². The molecule has 15 heavy (non-hydrogen) atoms. The van der Waals surface area contributed by atoms with Crippen molar-refractivity contribution < 1.29 is 9.21 Å². The molecule has 0 spiro atoms. The van der Waals surface area contributed by atoms with Crippen molar-refractivity contribution in [3.8, 4) is 0 Å². The number of rotatable bonds is 3. The van der Waals surface area contributed by atoms with Crippen LogP contribution in [0.4, 0.5) is 0 Å². The van der Waals surface area contributed by atoms with E-state index < -0.39 is 5.54 Å². The monoisotopic (exact) mass is 229 g/mol. The third-order valence-corrected chi connectivity index (χ3v) is 3.04. The smallest absolute Gasteiger partial charge is 0.287 e. The number of hydrogen-bond acceptors (Lipinski definition) is 2. The second-order valence-corrected chi connectivity index (χ2v) is 4.88. The maximum atomic E-state index is 11.8. The molecule has 0 aromatic carbocycles. The first-order valence-corrected chi connectivity index (χ1v) is 5.29. The summed E-state index contributed by atoms with van der Waals surface area (Å²) >= 11 is 5.97. The standard InChI is InChI=1S/C11H16ClNO2/c1-7-5-6-15-9(7)10(14)13-11(3,4)8(2)12/h5-6,8H,1-4H3,(H,13,14). The Bertz CT molecular complexity index is 355. The summed E-state index contributed by atoms with van der Waals surface area (Å²) in [5.41, 5.74) is 0.364. The number of hydrogen-bond donors (Lipinski definition) is 1. The largest absolute Gasteiger partial charge is 0.459 e. The van der Waals surface area contributed by atoms with Gasteiger partial charge >= 0.3 is 0 Å². The summed E-state index contributed by atoms with van der Waals surface area (Å²) in [6.45, 7) is 7.42. The highest BCUT2D eigenvalue weighted by Crippen LogP contribution is 2.17. The summed E-state index contributed by atoms with van der Waals surface area (Å²) in [4.78, 5) is 11.8. The third-order valence-electron chi connectivity index (χ3n) is 2.50. The zero-order valence-electron chi connectivity index (χ0n) is 9.43. The van der Waals surface area contributed by atoms with E-state index >= 15 is 0 Å². The van der Waals surface area contributed by atoms with E-state index in [0.29, 0.717) is 5.76 Å². The minimum atomic E-state index is -0.460. The summed E-state index contributed by atoms with van der Waals surface area (Å²) in [5, 5.41) is 2.68. The van der Waals surface area contributed by atoms with Crippen LogP contribution in [0.3, 0.4) is 0 Å². The lowest BCUT2D eigenvalue weighted by Crippen LogP contribution is -2.49. The van der Waals surface area contributed by atoms with Crippen molar-refractivity contribution in [1.29, 1.82) is 0 Å². The van der Waals surface area contributed by atoms with Gasteiger partial charge in [0, 0.05) is 5.56 Å². The van der Waals surface area contributed by atoms with Crippen LogP contribution >= 0.6 is 11.6 Å². The van der Waals surface area contributed by atoms with Crippen molar-refractivity contribution in [2.24, 2.45) is 0 Å². The SMILES string of the molecule is Cc1ccoc1C(=O)NC(C)(C)C(C)Cl. The maximum Gasteiger partial charge on any atom is 0.287 e. The Kier molecular flexibility index (Phi) is 3.45. The van der Waals surface area contributed by atoms with Gasteiger partial charge in [-0.25, -0.2) is 0 Å². The zero-order chi connectivity index (χ0) is 11.6. The van der Waals surface area contributed by atoms with E-state index in [9.17, 15) is 4.79 Å². The molecule has 1 amide bonds. The Morgan fingerprint density at radius 3 is 2.60 bits per heavy atom. The fourth-order valence-electron chi connectivity index (χ4n) is 1.05. The number of alkyl halides is 1. The molecule has 0 fully saturated rings. The molecule has 1 atom stereocenters. The Hall–Kier alpha value is -0.960. The van der Waals surface area contributed by atoms with Crippen LogP contribution in [0.2, 0.25) is 0 Å². The van der Waals surface area contributed by atoms with E-state index in [-0.39, 0.29) is 11.3 Å². The van der Waals surface area contributed by atoms with Gasteiger partial charge in [-0.2, -0.15) is 0 Å². The normalized spacial score (nSPS) is 13.7. The van der Waals surface area contributed by atoms with Gasteiger partial charge in [-0.05, 0) is 33.8 Å². The van der Waals surface area contributed by atoms with E-state index in [0.717, 1.165) is 5.56 Å². The minimum absolute atomic E-state index is 0.156. The molecule has 0 radical (unpaired) electrons. The van der Waals surface area contributed by atoms with E-state index in [1.165, 1.54) is 6.26 Å². The zero-order valence-corrected chi connectivity index (χ0v) is 10.2. The van der Waals surface area contributed by atoms with Gasteiger partial charge in [0.1, 0.15) is 0 Å². The van der Waals surface area contributed by atoms with Crippen LogP contribution in [0.25, 0.3) is 0 Å². The van der Waals surface area contributed by atoms with Crippen molar-refractivity contribution in [3.63, 3.8) is 0 Å². The molecule has 0 bridgehead atoms. The minimum Gasteiger partial charge on any atom is -0.459 e. The highest BCUT2D eigenvalue weighted by molar-refractivity contribution is 6.21. The summed E-state index contributed by atoms with van der Waals surface area (Å²) in [7, 11) is 0. The first-order valence-electron chi connectivity index (χ1n) is 4.85. The summed E-state index contributed by atoms with van der Waals surface area (Å²) in [6, 6.07) is 1.76. The molecule has 0 aliphatic carbocycles. The Morgan fingerprint density at radius 1 is 1.60 bits per heavy atom. The highest BCUT2D eigenvalue weighted by atomic mass is 35.5. The Labute approximate surface area is 94.8 Å². The number of aryl methyl sites for hydroxylation is 1. The van der Waals surface area contributed by atoms with E-state index in [4.69, 9.17) is 16.0 Å². The number of halogens is 1. The van der Waals surface area contributed by atoms with Gasteiger partial charge in [0.25, 0.3) is 5.91 Å². The van der Waals surface area contributed by atoms with Crippen LogP contribution in [-0.2, 0) is 0 Å². The summed E-state index contributed by atoms with van der Waals surface area (Å²) in [5.74, 6) is 0.121. The fraction of sp³-hybridized carbons (Fsp3) is 0.545. The van der Waals surface area contributed by atoms with Crippen LogP contribution in [-0.4, -0.2) is 16.8 Å². The molecule has 0 aliphatic rings. The second kappa shape index (κ2) is 4.27. The molecule has 0 saturated heterocycles. The molecule has 1 aromatic heterocycles. The molecule has 0 saturated carbocycles. The first-order chi connectivity index (χ1) is 6.84. The lowest BCUT2D eigenvalue weighted by molar-refractivity contribution is 0.0883. The lowest BCUT2D eigenvalue weighted by Gasteiger charge is -2.28. The van der Waals surface area contributed by atoms with Crippen LogP contribution in [0.15, 0.2) is 16.7 Å². The molecular formula is C11H16ClNO2. The first kappa shape index (κ1) is 12.1. The maximum absolute atomic E-state index is 11.8. The number of carbonyl (C=O) groups excluding carboxylic acids is 1. The topological polar surface area (TPSA) is 42.2 Å². The van der Waals surface area contributed by atoms with Crippen molar-refractivity contribution in [2.45, 2.75) is 38.6 Å². The molecule has 1 rings (SSSR count). The van der Waals surface area contributed by atoms with Crippen molar-refractivity contribution in [2.75, 3.05) is 0 Å². The highest BCUT2D eigenvalue weighted by Gasteiger charge is 2.27. The predicted molar refractivity (Wildman–Crippen MR) is 60.3 cm³/mol. The van der Waals surface area contributed by atoms with Crippen LogP contribution in [0, 0.1) is 6.92 Å². The van der Waals surface area contributed by atoms with Crippen LogP contribution < -0.4 is 5.32 Å². The summed E-state index contributed by atoms with van der Waals surface area (Å²) < 4.78 is 5.10. The van der Waals surface area contributed by atoms with Crippen LogP contribution in [0.1, 0.15) is 36.9 Å². The number of carbonyl (C=O) groups is 1. The number of nitrogens with one attached hydrogen (secondary N) is 1. The van der Waals surface area contributed by atoms with E-state index in [1.54, 1.807) is 6.07 Å². The van der Waals surface area contributed by atoms with Crippen LogP contribution in [0.5, 0.6) is 0 Å². The fourth-order valence-corrected chi connectivity index (χ4v) is 1.11. The predicted octanol–water partition coefficient (Wildman–Crippen LogP) is 2.72. The van der Waals surface area contributed by atoms with E-state index in [2.05, 4.69) is 5.32 Å². The molecule has 3 nitrogen and oxygen atoms in total. The summed E-state index contributed by atoms with van der Waals surface area (Å²) in [6.07, 6.45) is 1.50. The molecule has 1 heterocycles. The molecule has 0 aliphatic heterocycles. The lowest BCUT2D eigenvalue weighted by atomic mass is 10.0. The van der Waals surface area contributed by atoms with Gasteiger partial charge in [-0.3, -0.25) is 4.79 Å². The second-order valence-electron chi connectivity index (χ2n) is 4.22. The van der Waals surface area contributed by atoms with Gasteiger partial charge in [0.05, 0.1) is 17.2 Å². The Morgan fingerprint density at radius 2 is 2.20 bits per heavy atom. The van der Waals surface area contributed by atoms with Gasteiger partial charge < -0.3 is 9.73 Å². The molecule has 1 aromatic rings. The molecule has 84 valence electrons. The van der Waals surface area contributed by atoms with Crippen molar-refractivity contribution in [1.82, 2.24) is 5.32 Å². The quantitative estimate of drug-likeness (QED) is 0.810. The third kappa shape index (κ3) is 2.75. The van der Waals surface area contributed by atoms with Crippen molar-refractivity contribution >= 4 is 17.5 Å². The molecule has 1 unspecified atom stereocenters. The number of amides is 1. The average Bonchev–Trinajstić information content (AvgIpc) is 2.50. The Balaban J connectivity index is 2.77. The molecular weight excluding hydrogens is 214 g/mol. The molecule has 4 heteroatoms. The van der Waals surface area contributed by atoms with Gasteiger partial charge in [-0.15, -0.1) is 11.6 Å². The molecule has 1 N–H and O–H groups in total. The number of furan rings is 1. The average molecular weight is 230 g/mol. The van der Waals surface area contributed by atoms with Gasteiger partial charge in [0.2, 0.25) is 0 Å².